The van der Waals surface area contributed by atoms with Crippen molar-refractivity contribution in [3.63, 3.8) is 0 Å². The molecule has 104 valence electrons. The lowest BCUT2D eigenvalue weighted by molar-refractivity contribution is 0.0937. The number of nitrogens with one attached hydrogen (secondary N) is 1. The van der Waals surface area contributed by atoms with Crippen LogP contribution in [-0.4, -0.2) is 13.0 Å². The summed E-state index contributed by atoms with van der Waals surface area (Å²) in [6.07, 6.45) is 0. The lowest BCUT2D eigenvalue weighted by Gasteiger charge is -2.15. The van der Waals surface area contributed by atoms with Gasteiger partial charge < -0.3 is 10.1 Å². The average molecular weight is 334 g/mol. The Balaban J connectivity index is 2.13. The Morgan fingerprint density at radius 2 is 1.80 bits per heavy atom. The van der Waals surface area contributed by atoms with Gasteiger partial charge in [-0.2, -0.15) is 0 Å². The lowest BCUT2D eigenvalue weighted by atomic mass is 10.1. The first-order chi connectivity index (χ1) is 9.61. The molecular weight excluding hydrogens is 318 g/mol. The first-order valence-electron chi connectivity index (χ1n) is 6.31. The number of carbonyl (C=O) groups excluding carboxylic acids is 1. The minimum atomic E-state index is -0.141. The molecule has 2 rings (SSSR count). The van der Waals surface area contributed by atoms with E-state index in [4.69, 9.17) is 4.74 Å². The van der Waals surface area contributed by atoms with Crippen LogP contribution in [0.5, 0.6) is 5.75 Å². The van der Waals surface area contributed by atoms with Crippen molar-refractivity contribution in [1.29, 1.82) is 0 Å². The maximum atomic E-state index is 12.3. The first kappa shape index (κ1) is 14.6. The van der Waals surface area contributed by atoms with Gasteiger partial charge in [0, 0.05) is 4.47 Å². The molecule has 0 saturated carbocycles. The quantitative estimate of drug-likeness (QED) is 0.919. The number of carbonyl (C=O) groups is 1. The molecule has 2 aromatic carbocycles. The fourth-order valence-electron chi connectivity index (χ4n) is 1.94. The predicted octanol–water partition coefficient (Wildman–Crippen LogP) is 3.95. The number of halogens is 1. The summed E-state index contributed by atoms with van der Waals surface area (Å²) in [6.45, 7) is 1.95. The second-order valence-corrected chi connectivity index (χ2v) is 5.36. The summed E-state index contributed by atoms with van der Waals surface area (Å²) < 4.78 is 6.22. The normalized spacial score (nSPS) is 11.8. The minimum Gasteiger partial charge on any atom is -0.496 e. The van der Waals surface area contributed by atoms with E-state index in [-0.39, 0.29) is 11.9 Å². The standard InChI is InChI=1S/C16H16BrNO2/c1-11(12-7-9-13(17)10-8-12)18-16(19)14-5-3-4-6-15(14)20-2/h3-11H,1-2H3,(H,18,19). The molecule has 1 unspecified atom stereocenters. The second kappa shape index (κ2) is 6.57. The van der Waals surface area contributed by atoms with Crippen LogP contribution in [0.1, 0.15) is 28.9 Å². The highest BCUT2D eigenvalue weighted by atomic mass is 79.9. The molecule has 0 aliphatic carbocycles. The SMILES string of the molecule is COc1ccccc1C(=O)NC(C)c1ccc(Br)cc1. The van der Waals surface area contributed by atoms with Crippen molar-refractivity contribution in [3.05, 3.63) is 64.1 Å². The molecular formula is C16H16BrNO2. The van der Waals surface area contributed by atoms with Crippen LogP contribution in [0.3, 0.4) is 0 Å². The lowest BCUT2D eigenvalue weighted by Crippen LogP contribution is -2.27. The maximum absolute atomic E-state index is 12.3. The van der Waals surface area contributed by atoms with E-state index < -0.39 is 0 Å². The Labute approximate surface area is 127 Å². The number of para-hydroxylation sites is 1. The van der Waals surface area contributed by atoms with Gasteiger partial charge >= 0.3 is 0 Å². The molecule has 2 aromatic rings. The molecule has 0 aliphatic rings. The van der Waals surface area contributed by atoms with Crippen molar-refractivity contribution in [3.8, 4) is 5.75 Å². The average Bonchev–Trinajstić information content (AvgIpc) is 2.47. The van der Waals surface area contributed by atoms with Crippen LogP contribution in [0.15, 0.2) is 53.0 Å². The van der Waals surface area contributed by atoms with E-state index in [2.05, 4.69) is 21.2 Å². The van der Waals surface area contributed by atoms with E-state index in [1.54, 1.807) is 19.2 Å². The highest BCUT2D eigenvalue weighted by molar-refractivity contribution is 9.10. The molecule has 20 heavy (non-hydrogen) atoms. The molecule has 0 bridgehead atoms. The van der Waals surface area contributed by atoms with Gasteiger partial charge in [0.05, 0.1) is 18.7 Å². The van der Waals surface area contributed by atoms with Crippen LogP contribution in [0.2, 0.25) is 0 Å². The van der Waals surface area contributed by atoms with Gasteiger partial charge in [0.2, 0.25) is 0 Å². The van der Waals surface area contributed by atoms with Crippen molar-refractivity contribution >= 4 is 21.8 Å². The van der Waals surface area contributed by atoms with Crippen molar-refractivity contribution < 1.29 is 9.53 Å². The third-order valence-corrected chi connectivity index (χ3v) is 3.60. The van der Waals surface area contributed by atoms with E-state index in [0.29, 0.717) is 11.3 Å². The van der Waals surface area contributed by atoms with Crippen molar-refractivity contribution in [2.24, 2.45) is 0 Å². The number of amides is 1. The first-order valence-corrected chi connectivity index (χ1v) is 7.10. The van der Waals surface area contributed by atoms with Gasteiger partial charge in [-0.05, 0) is 36.8 Å². The van der Waals surface area contributed by atoms with Crippen LogP contribution >= 0.6 is 15.9 Å². The summed E-state index contributed by atoms with van der Waals surface area (Å²) in [5, 5.41) is 2.97. The molecule has 0 aromatic heterocycles. The molecule has 0 saturated heterocycles. The van der Waals surface area contributed by atoms with Gasteiger partial charge in [-0.15, -0.1) is 0 Å². The van der Waals surface area contributed by atoms with Gasteiger partial charge in [-0.25, -0.2) is 0 Å². The molecule has 0 aliphatic heterocycles. The molecule has 1 atom stereocenters. The largest absolute Gasteiger partial charge is 0.496 e. The summed E-state index contributed by atoms with van der Waals surface area (Å²) in [5.41, 5.74) is 1.59. The molecule has 0 fully saturated rings. The van der Waals surface area contributed by atoms with Gasteiger partial charge in [-0.1, -0.05) is 40.2 Å². The highest BCUT2D eigenvalue weighted by Gasteiger charge is 2.14. The summed E-state index contributed by atoms with van der Waals surface area (Å²) in [6, 6.07) is 15.0. The third-order valence-electron chi connectivity index (χ3n) is 3.07. The number of benzene rings is 2. The summed E-state index contributed by atoms with van der Waals surface area (Å²) in [5.74, 6) is 0.436. The Morgan fingerprint density at radius 3 is 2.45 bits per heavy atom. The van der Waals surface area contributed by atoms with Crippen molar-refractivity contribution in [1.82, 2.24) is 5.32 Å². The summed E-state index contributed by atoms with van der Waals surface area (Å²) >= 11 is 3.40. The van der Waals surface area contributed by atoms with E-state index in [1.165, 1.54) is 0 Å². The van der Waals surface area contributed by atoms with Gasteiger partial charge in [0.25, 0.3) is 5.91 Å². The van der Waals surface area contributed by atoms with Crippen LogP contribution in [0, 0.1) is 0 Å². The second-order valence-electron chi connectivity index (χ2n) is 4.45. The fraction of sp³-hybridized carbons (Fsp3) is 0.188. The van der Waals surface area contributed by atoms with E-state index >= 15 is 0 Å². The molecule has 1 amide bonds. The van der Waals surface area contributed by atoms with Crippen LogP contribution in [-0.2, 0) is 0 Å². The zero-order valence-corrected chi connectivity index (χ0v) is 13.0. The van der Waals surface area contributed by atoms with Crippen LogP contribution < -0.4 is 10.1 Å². The summed E-state index contributed by atoms with van der Waals surface area (Å²) in [4.78, 5) is 12.3. The number of methoxy groups -OCH3 is 1. The maximum Gasteiger partial charge on any atom is 0.255 e. The number of ether oxygens (including phenoxy) is 1. The molecule has 1 N–H and O–H groups in total. The van der Waals surface area contributed by atoms with Crippen LogP contribution in [0.4, 0.5) is 0 Å². The molecule has 0 spiro atoms. The molecule has 0 radical (unpaired) electrons. The number of hydrogen-bond donors (Lipinski definition) is 1. The summed E-state index contributed by atoms with van der Waals surface area (Å²) in [7, 11) is 1.56. The predicted molar refractivity (Wildman–Crippen MR) is 83.0 cm³/mol. The van der Waals surface area contributed by atoms with Crippen molar-refractivity contribution in [2.75, 3.05) is 7.11 Å². The van der Waals surface area contributed by atoms with Gasteiger partial charge in [0.15, 0.2) is 0 Å². The third kappa shape index (κ3) is 3.39. The van der Waals surface area contributed by atoms with E-state index in [0.717, 1.165) is 10.0 Å². The molecule has 0 heterocycles. The Morgan fingerprint density at radius 1 is 1.15 bits per heavy atom. The van der Waals surface area contributed by atoms with Gasteiger partial charge in [0.1, 0.15) is 5.75 Å². The fourth-order valence-corrected chi connectivity index (χ4v) is 2.21. The topological polar surface area (TPSA) is 38.3 Å². The number of hydrogen-bond acceptors (Lipinski definition) is 2. The minimum absolute atomic E-state index is 0.0690. The van der Waals surface area contributed by atoms with E-state index in [9.17, 15) is 4.79 Å². The Kier molecular flexibility index (Phi) is 4.79. The Bertz CT molecular complexity index is 596. The van der Waals surface area contributed by atoms with E-state index in [1.807, 2.05) is 43.3 Å². The van der Waals surface area contributed by atoms with Gasteiger partial charge in [-0.3, -0.25) is 4.79 Å². The monoisotopic (exact) mass is 333 g/mol. The molecule has 3 nitrogen and oxygen atoms in total. The molecule has 4 heteroatoms. The zero-order chi connectivity index (χ0) is 14.5. The zero-order valence-electron chi connectivity index (χ0n) is 11.4. The number of rotatable bonds is 4. The highest BCUT2D eigenvalue weighted by Crippen LogP contribution is 2.20. The smallest absolute Gasteiger partial charge is 0.255 e. The Hall–Kier alpha value is -1.81. The van der Waals surface area contributed by atoms with Crippen LogP contribution in [0.25, 0.3) is 0 Å². The van der Waals surface area contributed by atoms with Crippen molar-refractivity contribution in [2.45, 2.75) is 13.0 Å².